The lowest BCUT2D eigenvalue weighted by Crippen LogP contribution is -2.33. The molecule has 0 aliphatic rings. The van der Waals surface area contributed by atoms with Gasteiger partial charge in [0.05, 0.1) is 13.0 Å². The second-order valence-corrected chi connectivity index (χ2v) is 5.79. The van der Waals surface area contributed by atoms with Gasteiger partial charge in [0.25, 0.3) is 5.91 Å². The molecule has 132 valence electrons. The number of esters is 1. The number of carbonyl (C=O) groups is 2. The molecule has 2 rings (SSSR count). The zero-order valence-corrected chi connectivity index (χ0v) is 14.6. The maximum atomic E-state index is 13.1. The standard InChI is InChI=1S/C19H19ClFNO3/c1-2-25-18(23)11-12-22(13-15-5-3-4-6-17(15)20)19(24)14-7-9-16(21)10-8-14/h3-10H,2,11-13H2,1H3. The first kappa shape index (κ1) is 18.9. The zero-order chi connectivity index (χ0) is 18.2. The minimum atomic E-state index is -0.416. The fourth-order valence-corrected chi connectivity index (χ4v) is 2.51. The van der Waals surface area contributed by atoms with E-state index in [1.807, 2.05) is 12.1 Å². The van der Waals surface area contributed by atoms with Crippen molar-refractivity contribution in [3.05, 3.63) is 70.5 Å². The average molecular weight is 364 g/mol. The summed E-state index contributed by atoms with van der Waals surface area (Å²) in [6, 6.07) is 12.5. The molecule has 0 fully saturated rings. The SMILES string of the molecule is CCOC(=O)CCN(Cc1ccccc1Cl)C(=O)c1ccc(F)cc1. The maximum Gasteiger partial charge on any atom is 0.307 e. The molecule has 2 aromatic carbocycles. The van der Waals surface area contributed by atoms with Crippen molar-refractivity contribution in [3.63, 3.8) is 0 Å². The first-order chi connectivity index (χ1) is 12.0. The van der Waals surface area contributed by atoms with Crippen LogP contribution < -0.4 is 0 Å². The summed E-state index contributed by atoms with van der Waals surface area (Å²) in [4.78, 5) is 25.9. The Morgan fingerprint density at radius 3 is 2.44 bits per heavy atom. The van der Waals surface area contributed by atoms with Gasteiger partial charge in [0.2, 0.25) is 0 Å². The van der Waals surface area contributed by atoms with Crippen molar-refractivity contribution in [1.82, 2.24) is 4.90 Å². The number of ether oxygens (including phenoxy) is 1. The summed E-state index contributed by atoms with van der Waals surface area (Å²) in [5.41, 5.74) is 1.11. The lowest BCUT2D eigenvalue weighted by atomic mass is 10.1. The molecule has 0 heterocycles. The number of rotatable bonds is 7. The second kappa shape index (κ2) is 9.18. The van der Waals surface area contributed by atoms with E-state index in [0.29, 0.717) is 10.6 Å². The molecule has 0 bridgehead atoms. The van der Waals surface area contributed by atoms with Crippen molar-refractivity contribution in [2.75, 3.05) is 13.2 Å². The Kier molecular flexibility index (Phi) is 6.95. The van der Waals surface area contributed by atoms with Crippen LogP contribution in [0.1, 0.15) is 29.3 Å². The summed E-state index contributed by atoms with van der Waals surface area (Å²) >= 11 is 6.17. The Balaban J connectivity index is 2.18. The quantitative estimate of drug-likeness (QED) is 0.696. The third-order valence-electron chi connectivity index (χ3n) is 3.59. The Hall–Kier alpha value is -2.40. The van der Waals surface area contributed by atoms with Gasteiger partial charge in [0.1, 0.15) is 5.82 Å². The van der Waals surface area contributed by atoms with Gasteiger partial charge in [-0.3, -0.25) is 9.59 Å². The van der Waals surface area contributed by atoms with E-state index >= 15 is 0 Å². The first-order valence-electron chi connectivity index (χ1n) is 7.95. The van der Waals surface area contributed by atoms with Crippen LogP contribution in [0.2, 0.25) is 5.02 Å². The van der Waals surface area contributed by atoms with Gasteiger partial charge in [-0.15, -0.1) is 0 Å². The van der Waals surface area contributed by atoms with E-state index in [-0.39, 0.29) is 38.0 Å². The Morgan fingerprint density at radius 2 is 1.80 bits per heavy atom. The molecule has 2 aromatic rings. The van der Waals surface area contributed by atoms with Crippen LogP contribution in [0, 0.1) is 5.82 Å². The maximum absolute atomic E-state index is 13.1. The van der Waals surface area contributed by atoms with Crippen LogP contribution >= 0.6 is 11.6 Å². The van der Waals surface area contributed by atoms with E-state index in [1.54, 1.807) is 19.1 Å². The molecule has 6 heteroatoms. The van der Waals surface area contributed by atoms with E-state index in [1.165, 1.54) is 29.2 Å². The predicted molar refractivity (Wildman–Crippen MR) is 93.8 cm³/mol. The second-order valence-electron chi connectivity index (χ2n) is 5.38. The molecular weight excluding hydrogens is 345 g/mol. The first-order valence-corrected chi connectivity index (χ1v) is 8.33. The molecule has 0 unspecified atom stereocenters. The van der Waals surface area contributed by atoms with E-state index in [2.05, 4.69) is 0 Å². The molecule has 1 amide bonds. The van der Waals surface area contributed by atoms with Gasteiger partial charge in [-0.05, 0) is 42.8 Å². The number of carbonyl (C=O) groups excluding carboxylic acids is 2. The van der Waals surface area contributed by atoms with E-state index < -0.39 is 5.82 Å². The van der Waals surface area contributed by atoms with Crippen molar-refractivity contribution in [1.29, 1.82) is 0 Å². The van der Waals surface area contributed by atoms with Gasteiger partial charge < -0.3 is 9.64 Å². The zero-order valence-electron chi connectivity index (χ0n) is 13.9. The number of amides is 1. The smallest absolute Gasteiger partial charge is 0.307 e. The third-order valence-corrected chi connectivity index (χ3v) is 3.96. The molecule has 0 N–H and O–H groups in total. The molecule has 0 aliphatic carbocycles. The number of nitrogens with zero attached hydrogens (tertiary/aromatic N) is 1. The molecule has 0 saturated carbocycles. The topological polar surface area (TPSA) is 46.6 Å². The molecule has 0 atom stereocenters. The third kappa shape index (κ3) is 5.57. The molecule has 4 nitrogen and oxygen atoms in total. The van der Waals surface area contributed by atoms with Gasteiger partial charge in [-0.1, -0.05) is 29.8 Å². The Bertz CT molecular complexity index is 734. The van der Waals surface area contributed by atoms with E-state index in [4.69, 9.17) is 16.3 Å². The molecule has 0 radical (unpaired) electrons. The summed E-state index contributed by atoms with van der Waals surface area (Å²) in [5.74, 6) is -1.09. The van der Waals surface area contributed by atoms with Gasteiger partial charge in [0, 0.05) is 23.7 Å². The lowest BCUT2D eigenvalue weighted by molar-refractivity contribution is -0.143. The summed E-state index contributed by atoms with van der Waals surface area (Å²) in [5, 5.41) is 0.538. The minimum absolute atomic E-state index is 0.0746. The van der Waals surface area contributed by atoms with Crippen LogP contribution in [-0.2, 0) is 16.1 Å². The molecule has 0 aromatic heterocycles. The lowest BCUT2D eigenvalue weighted by Gasteiger charge is -2.23. The normalized spacial score (nSPS) is 10.4. The van der Waals surface area contributed by atoms with Gasteiger partial charge in [-0.2, -0.15) is 0 Å². The highest BCUT2D eigenvalue weighted by Gasteiger charge is 2.19. The average Bonchev–Trinajstić information content (AvgIpc) is 2.60. The highest BCUT2D eigenvalue weighted by molar-refractivity contribution is 6.31. The number of halogens is 2. The largest absolute Gasteiger partial charge is 0.466 e. The van der Waals surface area contributed by atoms with Gasteiger partial charge in [-0.25, -0.2) is 4.39 Å². The number of benzene rings is 2. The monoisotopic (exact) mass is 363 g/mol. The van der Waals surface area contributed by atoms with Crippen LogP contribution in [0.4, 0.5) is 4.39 Å². The molecule has 0 saturated heterocycles. The fraction of sp³-hybridized carbons (Fsp3) is 0.263. The van der Waals surface area contributed by atoms with Gasteiger partial charge in [0.15, 0.2) is 0 Å². The molecule has 0 spiro atoms. The van der Waals surface area contributed by atoms with E-state index in [0.717, 1.165) is 5.56 Å². The van der Waals surface area contributed by atoms with Crippen molar-refractivity contribution in [3.8, 4) is 0 Å². The summed E-state index contributed by atoms with van der Waals surface area (Å²) in [6.07, 6.45) is 0.0746. The van der Waals surface area contributed by atoms with Crippen LogP contribution in [0.25, 0.3) is 0 Å². The molecular formula is C19H19ClFNO3. The summed E-state index contributed by atoms with van der Waals surface area (Å²) in [7, 11) is 0. The van der Waals surface area contributed by atoms with Crippen molar-refractivity contribution >= 4 is 23.5 Å². The van der Waals surface area contributed by atoms with Crippen LogP contribution in [0.3, 0.4) is 0 Å². The van der Waals surface area contributed by atoms with Crippen LogP contribution in [0.5, 0.6) is 0 Å². The number of hydrogen-bond donors (Lipinski definition) is 0. The van der Waals surface area contributed by atoms with Crippen molar-refractivity contribution in [2.45, 2.75) is 19.9 Å². The minimum Gasteiger partial charge on any atom is -0.466 e. The summed E-state index contributed by atoms with van der Waals surface area (Å²) < 4.78 is 18.0. The summed E-state index contributed by atoms with van der Waals surface area (Å²) in [6.45, 7) is 2.44. The highest BCUT2D eigenvalue weighted by Crippen LogP contribution is 2.19. The predicted octanol–water partition coefficient (Wildman–Crippen LogP) is 4.07. The van der Waals surface area contributed by atoms with Gasteiger partial charge >= 0.3 is 5.97 Å². The Morgan fingerprint density at radius 1 is 1.12 bits per heavy atom. The number of hydrogen-bond acceptors (Lipinski definition) is 3. The van der Waals surface area contributed by atoms with Crippen molar-refractivity contribution < 1.29 is 18.7 Å². The van der Waals surface area contributed by atoms with Crippen LogP contribution in [0.15, 0.2) is 48.5 Å². The molecule has 0 aliphatic heterocycles. The molecule has 25 heavy (non-hydrogen) atoms. The highest BCUT2D eigenvalue weighted by atomic mass is 35.5. The fourth-order valence-electron chi connectivity index (χ4n) is 2.32. The Labute approximate surface area is 151 Å². The van der Waals surface area contributed by atoms with Crippen molar-refractivity contribution in [2.24, 2.45) is 0 Å². The van der Waals surface area contributed by atoms with Crippen LogP contribution in [-0.4, -0.2) is 29.9 Å². The van der Waals surface area contributed by atoms with E-state index in [9.17, 15) is 14.0 Å².